The number of hydrogen-bond donors (Lipinski definition) is 0. The van der Waals surface area contributed by atoms with Gasteiger partial charge >= 0.3 is 12.4 Å². The summed E-state index contributed by atoms with van der Waals surface area (Å²) < 4.78 is 89.8. The third kappa shape index (κ3) is 5.58. The summed E-state index contributed by atoms with van der Waals surface area (Å²) in [6.45, 7) is -2.18. The van der Waals surface area contributed by atoms with Crippen LogP contribution in [0.5, 0.6) is 5.75 Å². The van der Waals surface area contributed by atoms with Crippen molar-refractivity contribution in [2.45, 2.75) is 56.7 Å². The van der Waals surface area contributed by atoms with Crippen molar-refractivity contribution >= 4 is 5.65 Å². The van der Waals surface area contributed by atoms with Crippen molar-refractivity contribution in [3.8, 4) is 5.75 Å². The van der Waals surface area contributed by atoms with Gasteiger partial charge in [-0.25, -0.2) is 0 Å². The van der Waals surface area contributed by atoms with Gasteiger partial charge in [-0.1, -0.05) is 30.3 Å². The normalized spacial score (nSPS) is 19.7. The smallest absolute Gasteiger partial charge is 0.423 e. The number of pyridine rings is 1. The molecule has 2 heterocycles. The Hall–Kier alpha value is -2.82. The maximum absolute atomic E-state index is 13.9. The van der Waals surface area contributed by atoms with Crippen LogP contribution in [0.2, 0.25) is 0 Å². The summed E-state index contributed by atoms with van der Waals surface area (Å²) >= 11 is 0. The van der Waals surface area contributed by atoms with Gasteiger partial charge in [0.2, 0.25) is 0 Å². The molecule has 33 heavy (non-hydrogen) atoms. The largest absolute Gasteiger partial charge is 0.490 e. The SMILES string of the molecule is FC(F)(F)COCc1nnc2c(C(F)(F)F)c(OC3CCC(c4ccccc4)CC3)ccn12. The summed E-state index contributed by atoms with van der Waals surface area (Å²) in [5.41, 5.74) is -0.439. The van der Waals surface area contributed by atoms with Gasteiger partial charge in [0.1, 0.15) is 24.5 Å². The van der Waals surface area contributed by atoms with Crippen LogP contribution in [-0.2, 0) is 17.5 Å². The maximum Gasteiger partial charge on any atom is 0.423 e. The van der Waals surface area contributed by atoms with Crippen LogP contribution >= 0.6 is 0 Å². The average molecular weight is 473 g/mol. The predicted molar refractivity (Wildman–Crippen MR) is 106 cm³/mol. The predicted octanol–water partition coefficient (Wildman–Crippen LogP) is 5.93. The molecule has 4 rings (SSSR count). The van der Waals surface area contributed by atoms with Crippen molar-refractivity contribution in [1.82, 2.24) is 14.6 Å². The Bertz CT molecular complexity index is 1070. The second-order valence-electron chi connectivity index (χ2n) is 7.97. The molecule has 0 unspecified atom stereocenters. The molecular formula is C22H21F6N3O2. The van der Waals surface area contributed by atoms with E-state index in [0.717, 1.165) is 23.3 Å². The van der Waals surface area contributed by atoms with Crippen LogP contribution in [0.25, 0.3) is 5.65 Å². The first-order valence-corrected chi connectivity index (χ1v) is 10.4. The first kappa shape index (κ1) is 23.3. The van der Waals surface area contributed by atoms with Gasteiger partial charge in [0.25, 0.3) is 0 Å². The van der Waals surface area contributed by atoms with E-state index in [1.807, 2.05) is 30.3 Å². The fourth-order valence-electron chi connectivity index (χ4n) is 4.13. The van der Waals surface area contributed by atoms with E-state index in [-0.39, 0.29) is 17.7 Å². The van der Waals surface area contributed by atoms with Crippen LogP contribution in [0.4, 0.5) is 26.3 Å². The minimum atomic E-state index is -4.80. The van der Waals surface area contributed by atoms with E-state index < -0.39 is 36.8 Å². The minimum absolute atomic E-state index is 0.172. The summed E-state index contributed by atoms with van der Waals surface area (Å²) in [6.07, 6.45) is -5.69. The molecule has 0 aliphatic heterocycles. The molecule has 1 fully saturated rings. The van der Waals surface area contributed by atoms with E-state index in [4.69, 9.17) is 4.74 Å². The second kappa shape index (κ2) is 9.20. The lowest BCUT2D eigenvalue weighted by molar-refractivity contribution is -0.177. The number of hydrogen-bond acceptors (Lipinski definition) is 4. The van der Waals surface area contributed by atoms with E-state index in [2.05, 4.69) is 14.9 Å². The zero-order chi connectivity index (χ0) is 23.6. The van der Waals surface area contributed by atoms with Crippen molar-refractivity contribution in [1.29, 1.82) is 0 Å². The Balaban J connectivity index is 1.51. The van der Waals surface area contributed by atoms with Crippen molar-refractivity contribution in [2.24, 2.45) is 0 Å². The van der Waals surface area contributed by atoms with Crippen molar-refractivity contribution < 1.29 is 35.8 Å². The molecule has 0 N–H and O–H groups in total. The van der Waals surface area contributed by atoms with Gasteiger partial charge in [0.05, 0.1) is 6.10 Å². The number of nitrogens with zero attached hydrogens (tertiary/aromatic N) is 3. The topological polar surface area (TPSA) is 48.7 Å². The molecule has 1 aromatic carbocycles. The molecule has 1 saturated carbocycles. The summed E-state index contributed by atoms with van der Waals surface area (Å²) in [6, 6.07) is 11.1. The highest BCUT2D eigenvalue weighted by molar-refractivity contribution is 5.56. The van der Waals surface area contributed by atoms with Crippen LogP contribution in [0.3, 0.4) is 0 Å². The number of alkyl halides is 6. The van der Waals surface area contributed by atoms with Gasteiger partial charge in [0.15, 0.2) is 11.5 Å². The number of benzene rings is 1. The molecule has 0 atom stereocenters. The average Bonchev–Trinajstić information content (AvgIpc) is 3.16. The molecule has 5 nitrogen and oxygen atoms in total. The van der Waals surface area contributed by atoms with Gasteiger partial charge in [0, 0.05) is 6.20 Å². The lowest BCUT2D eigenvalue weighted by atomic mass is 9.83. The fourth-order valence-corrected chi connectivity index (χ4v) is 4.13. The number of aromatic nitrogens is 3. The Morgan fingerprint density at radius 2 is 1.61 bits per heavy atom. The lowest BCUT2D eigenvalue weighted by Gasteiger charge is -2.30. The van der Waals surface area contributed by atoms with E-state index >= 15 is 0 Å². The Kier molecular flexibility index (Phi) is 6.51. The van der Waals surface area contributed by atoms with Gasteiger partial charge in [-0.15, -0.1) is 10.2 Å². The number of ether oxygens (including phenoxy) is 2. The molecule has 2 aromatic heterocycles. The summed E-state index contributed by atoms with van der Waals surface area (Å²) in [5, 5.41) is 7.14. The van der Waals surface area contributed by atoms with Gasteiger partial charge in [-0.3, -0.25) is 4.40 Å². The van der Waals surface area contributed by atoms with Crippen LogP contribution in [0, 0.1) is 0 Å². The minimum Gasteiger partial charge on any atom is -0.490 e. The molecule has 0 bridgehead atoms. The highest BCUT2D eigenvalue weighted by Crippen LogP contribution is 2.41. The van der Waals surface area contributed by atoms with E-state index in [1.165, 1.54) is 11.8 Å². The first-order valence-electron chi connectivity index (χ1n) is 10.4. The molecule has 1 aliphatic rings. The zero-order valence-electron chi connectivity index (χ0n) is 17.4. The van der Waals surface area contributed by atoms with E-state index in [9.17, 15) is 26.3 Å². The highest BCUT2D eigenvalue weighted by Gasteiger charge is 2.39. The standard InChI is InChI=1S/C22H21F6N3O2/c23-21(24,25)13-32-12-18-29-30-20-19(22(26,27)28)17(10-11-31(18)20)33-16-8-6-15(7-9-16)14-4-2-1-3-5-14/h1-5,10-11,15-16H,6-9,12-13H2. The third-order valence-corrected chi connectivity index (χ3v) is 5.63. The van der Waals surface area contributed by atoms with Crippen molar-refractivity contribution in [2.75, 3.05) is 6.61 Å². The number of fused-ring (bicyclic) bond motifs is 1. The Morgan fingerprint density at radius 3 is 2.24 bits per heavy atom. The number of rotatable bonds is 6. The molecule has 0 spiro atoms. The monoisotopic (exact) mass is 473 g/mol. The molecule has 178 valence electrons. The molecule has 0 radical (unpaired) electrons. The summed E-state index contributed by atoms with van der Waals surface area (Å²) in [4.78, 5) is 0. The van der Waals surface area contributed by atoms with Crippen LogP contribution < -0.4 is 4.74 Å². The van der Waals surface area contributed by atoms with E-state index in [1.54, 1.807) is 0 Å². The molecule has 11 heteroatoms. The van der Waals surface area contributed by atoms with Crippen LogP contribution in [0.1, 0.15) is 48.6 Å². The van der Waals surface area contributed by atoms with Crippen LogP contribution in [-0.4, -0.2) is 33.5 Å². The van der Waals surface area contributed by atoms with Gasteiger partial charge in [-0.2, -0.15) is 26.3 Å². The summed E-state index contributed by atoms with van der Waals surface area (Å²) in [7, 11) is 0. The highest BCUT2D eigenvalue weighted by atomic mass is 19.4. The van der Waals surface area contributed by atoms with Crippen LogP contribution in [0.15, 0.2) is 42.6 Å². The van der Waals surface area contributed by atoms with Gasteiger partial charge < -0.3 is 9.47 Å². The van der Waals surface area contributed by atoms with Gasteiger partial charge in [-0.05, 0) is 43.2 Å². The van der Waals surface area contributed by atoms with Crippen molar-refractivity contribution in [3.63, 3.8) is 0 Å². The van der Waals surface area contributed by atoms with Crippen molar-refractivity contribution in [3.05, 3.63) is 59.5 Å². The third-order valence-electron chi connectivity index (χ3n) is 5.63. The Morgan fingerprint density at radius 1 is 0.909 bits per heavy atom. The molecule has 0 amide bonds. The maximum atomic E-state index is 13.9. The second-order valence-corrected chi connectivity index (χ2v) is 7.97. The fraction of sp³-hybridized carbons (Fsp3) is 0.455. The van der Waals surface area contributed by atoms with E-state index in [0.29, 0.717) is 18.8 Å². The lowest BCUT2D eigenvalue weighted by Crippen LogP contribution is -2.25. The first-order chi connectivity index (χ1) is 15.6. The Labute approximate surface area is 185 Å². The summed E-state index contributed by atoms with van der Waals surface area (Å²) in [5.74, 6) is -0.200. The quantitative estimate of drug-likeness (QED) is 0.417. The molecule has 0 saturated heterocycles. The molecule has 1 aliphatic carbocycles. The number of halogens is 6. The molecular weight excluding hydrogens is 452 g/mol. The molecule has 3 aromatic rings. The zero-order valence-corrected chi connectivity index (χ0v) is 17.4.